The van der Waals surface area contributed by atoms with Crippen molar-refractivity contribution in [3.8, 4) is 0 Å². The number of para-hydroxylation sites is 1. The maximum Gasteiger partial charge on any atom is 0.251 e. The summed E-state index contributed by atoms with van der Waals surface area (Å²) in [4.78, 5) is 11.5. The van der Waals surface area contributed by atoms with Crippen molar-refractivity contribution in [2.24, 2.45) is 0 Å². The number of hydrazine groups is 1. The number of hydrogen-bond acceptors (Lipinski definition) is 3. The van der Waals surface area contributed by atoms with Gasteiger partial charge >= 0.3 is 0 Å². The van der Waals surface area contributed by atoms with E-state index in [2.05, 4.69) is 0 Å². The van der Waals surface area contributed by atoms with Crippen molar-refractivity contribution in [1.29, 1.82) is 0 Å². The molecule has 0 aromatic heterocycles. The minimum absolute atomic E-state index is 0.152. The van der Waals surface area contributed by atoms with Gasteiger partial charge in [-0.15, -0.1) is 0 Å². The number of carbonyl (C=O) groups excluding carboxylic acids is 1. The number of carbonyl (C=O) groups is 1. The van der Waals surface area contributed by atoms with Crippen molar-refractivity contribution >= 4 is 11.6 Å². The predicted molar refractivity (Wildman–Crippen MR) is 51.3 cm³/mol. The SMILES string of the molecule is O=C1CC=CN(O)N1c1ccccc1. The molecule has 1 aliphatic heterocycles. The molecule has 0 saturated carbocycles. The van der Waals surface area contributed by atoms with Crippen LogP contribution in [0.25, 0.3) is 0 Å². The van der Waals surface area contributed by atoms with Gasteiger partial charge in [-0.1, -0.05) is 24.3 Å². The summed E-state index contributed by atoms with van der Waals surface area (Å²) in [6.07, 6.45) is 3.38. The molecule has 1 heterocycles. The first-order chi connectivity index (χ1) is 6.79. The highest BCUT2D eigenvalue weighted by atomic mass is 16.6. The average Bonchev–Trinajstić information content (AvgIpc) is 2.19. The Labute approximate surface area is 81.6 Å². The fraction of sp³-hybridized carbons (Fsp3) is 0.100. The zero-order valence-corrected chi connectivity index (χ0v) is 7.50. The number of benzene rings is 1. The van der Waals surface area contributed by atoms with Gasteiger partial charge in [-0.25, -0.2) is 0 Å². The van der Waals surface area contributed by atoms with Gasteiger partial charge in [0.25, 0.3) is 5.91 Å². The van der Waals surface area contributed by atoms with E-state index in [1.165, 1.54) is 11.2 Å². The van der Waals surface area contributed by atoms with Gasteiger partial charge in [-0.2, -0.15) is 10.2 Å². The van der Waals surface area contributed by atoms with Gasteiger partial charge in [0.1, 0.15) is 0 Å². The lowest BCUT2D eigenvalue weighted by molar-refractivity contribution is -0.132. The van der Waals surface area contributed by atoms with Gasteiger partial charge in [0, 0.05) is 12.6 Å². The summed E-state index contributed by atoms with van der Waals surface area (Å²) in [5.74, 6) is -0.152. The zero-order chi connectivity index (χ0) is 9.97. The maximum atomic E-state index is 11.5. The molecule has 0 fully saturated rings. The molecule has 4 nitrogen and oxygen atoms in total. The highest BCUT2D eigenvalue weighted by molar-refractivity contribution is 5.94. The molecule has 0 aliphatic carbocycles. The highest BCUT2D eigenvalue weighted by Gasteiger charge is 2.21. The molecule has 0 radical (unpaired) electrons. The Balaban J connectivity index is 2.33. The molecule has 0 atom stereocenters. The van der Waals surface area contributed by atoms with Crippen LogP contribution in [0.4, 0.5) is 5.69 Å². The summed E-state index contributed by atoms with van der Waals surface area (Å²) in [5, 5.41) is 11.5. The summed E-state index contributed by atoms with van der Waals surface area (Å²) in [6, 6.07) is 9.01. The van der Waals surface area contributed by atoms with E-state index >= 15 is 0 Å². The Morgan fingerprint density at radius 2 is 1.93 bits per heavy atom. The molecule has 0 spiro atoms. The second kappa shape index (κ2) is 3.51. The Morgan fingerprint density at radius 3 is 2.57 bits per heavy atom. The van der Waals surface area contributed by atoms with E-state index in [0.29, 0.717) is 12.1 Å². The molecule has 14 heavy (non-hydrogen) atoms. The standard InChI is InChI=1S/C10H10N2O2/c13-10-7-4-8-11(14)12(10)9-5-2-1-3-6-9/h1-6,8,14H,7H2. The molecule has 0 bridgehead atoms. The van der Waals surface area contributed by atoms with Gasteiger partial charge in [0.05, 0.1) is 5.69 Å². The van der Waals surface area contributed by atoms with Crippen LogP contribution in [0.2, 0.25) is 0 Å². The fourth-order valence-corrected chi connectivity index (χ4v) is 1.35. The molecule has 1 amide bonds. The Bertz CT molecular complexity index is 362. The molecule has 4 heteroatoms. The maximum absolute atomic E-state index is 11.5. The number of hydrogen-bond donors (Lipinski definition) is 1. The zero-order valence-electron chi connectivity index (χ0n) is 7.50. The smallest absolute Gasteiger partial charge is 0.251 e. The second-order valence-corrected chi connectivity index (χ2v) is 2.95. The van der Waals surface area contributed by atoms with Crippen molar-refractivity contribution < 1.29 is 10.0 Å². The molecule has 1 aromatic rings. The minimum Gasteiger partial charge on any atom is -0.272 e. The van der Waals surface area contributed by atoms with Crippen LogP contribution in [0.15, 0.2) is 42.6 Å². The molecular weight excluding hydrogens is 180 g/mol. The molecule has 2 rings (SSSR count). The quantitative estimate of drug-likeness (QED) is 0.730. The lowest BCUT2D eigenvalue weighted by Crippen LogP contribution is -2.43. The van der Waals surface area contributed by atoms with E-state index in [9.17, 15) is 10.0 Å². The van der Waals surface area contributed by atoms with E-state index in [0.717, 1.165) is 5.17 Å². The summed E-state index contributed by atoms with van der Waals surface area (Å²) < 4.78 is 0. The highest BCUT2D eigenvalue weighted by Crippen LogP contribution is 2.18. The van der Waals surface area contributed by atoms with Gasteiger partial charge in [0.2, 0.25) is 0 Å². The Kier molecular flexibility index (Phi) is 2.20. The largest absolute Gasteiger partial charge is 0.272 e. The van der Waals surface area contributed by atoms with Gasteiger partial charge in [-0.3, -0.25) is 10.0 Å². The third-order valence-corrected chi connectivity index (χ3v) is 1.97. The molecule has 1 aromatic carbocycles. The van der Waals surface area contributed by atoms with Crippen LogP contribution in [0.3, 0.4) is 0 Å². The van der Waals surface area contributed by atoms with Gasteiger partial charge < -0.3 is 0 Å². The summed E-state index contributed by atoms with van der Waals surface area (Å²) in [6.45, 7) is 0. The molecule has 1 N–H and O–H groups in total. The number of nitrogens with zero attached hydrogens (tertiary/aromatic N) is 2. The van der Waals surface area contributed by atoms with Crippen LogP contribution in [0.1, 0.15) is 6.42 Å². The first-order valence-corrected chi connectivity index (χ1v) is 4.32. The van der Waals surface area contributed by atoms with Crippen molar-refractivity contribution in [2.75, 3.05) is 5.01 Å². The molecule has 0 unspecified atom stereocenters. The van der Waals surface area contributed by atoms with Crippen LogP contribution in [-0.2, 0) is 4.79 Å². The van der Waals surface area contributed by atoms with E-state index in [-0.39, 0.29) is 5.91 Å². The van der Waals surface area contributed by atoms with Gasteiger partial charge in [0.15, 0.2) is 0 Å². The number of anilines is 1. The first-order valence-electron chi connectivity index (χ1n) is 4.32. The lowest BCUT2D eigenvalue weighted by atomic mass is 10.2. The molecule has 0 saturated heterocycles. The van der Waals surface area contributed by atoms with Crippen molar-refractivity contribution in [1.82, 2.24) is 5.17 Å². The third kappa shape index (κ3) is 1.47. The monoisotopic (exact) mass is 190 g/mol. The molecule has 1 aliphatic rings. The third-order valence-electron chi connectivity index (χ3n) is 1.97. The Morgan fingerprint density at radius 1 is 1.21 bits per heavy atom. The fourth-order valence-electron chi connectivity index (χ4n) is 1.35. The topological polar surface area (TPSA) is 43.8 Å². The van der Waals surface area contributed by atoms with Crippen molar-refractivity contribution in [3.63, 3.8) is 0 Å². The number of rotatable bonds is 1. The van der Waals surface area contributed by atoms with E-state index < -0.39 is 0 Å². The minimum atomic E-state index is -0.152. The van der Waals surface area contributed by atoms with Gasteiger partial charge in [-0.05, 0) is 12.1 Å². The van der Waals surface area contributed by atoms with Crippen LogP contribution >= 0.6 is 0 Å². The van der Waals surface area contributed by atoms with Crippen LogP contribution in [0, 0.1) is 0 Å². The lowest BCUT2D eigenvalue weighted by Gasteiger charge is -2.30. The first kappa shape index (κ1) is 8.77. The number of hydroxylamine groups is 1. The normalized spacial score (nSPS) is 16.2. The summed E-state index contributed by atoms with van der Waals surface area (Å²) in [5.41, 5.74) is 0.657. The van der Waals surface area contributed by atoms with E-state index in [4.69, 9.17) is 0 Å². The van der Waals surface area contributed by atoms with E-state index in [1.54, 1.807) is 18.2 Å². The predicted octanol–water partition coefficient (Wildman–Crippen LogP) is 1.54. The molecular formula is C10H10N2O2. The summed E-state index contributed by atoms with van der Waals surface area (Å²) in [7, 11) is 0. The van der Waals surface area contributed by atoms with Crippen LogP contribution in [-0.4, -0.2) is 16.3 Å². The second-order valence-electron chi connectivity index (χ2n) is 2.95. The summed E-state index contributed by atoms with van der Waals surface area (Å²) >= 11 is 0. The molecule has 72 valence electrons. The van der Waals surface area contributed by atoms with Crippen LogP contribution in [0.5, 0.6) is 0 Å². The average molecular weight is 190 g/mol. The van der Waals surface area contributed by atoms with E-state index in [1.807, 2.05) is 18.2 Å². The van der Waals surface area contributed by atoms with Crippen molar-refractivity contribution in [3.05, 3.63) is 42.6 Å². The Hall–Kier alpha value is -1.81. The number of amides is 1. The van der Waals surface area contributed by atoms with Crippen LogP contribution < -0.4 is 5.01 Å². The van der Waals surface area contributed by atoms with Crippen molar-refractivity contribution in [2.45, 2.75) is 6.42 Å².